The van der Waals surface area contributed by atoms with E-state index >= 15 is 0 Å². The molecular weight excluding hydrogens is 353 g/mol. The van der Waals surface area contributed by atoms with Crippen LogP contribution in [0.15, 0.2) is 0 Å². The van der Waals surface area contributed by atoms with Crippen molar-refractivity contribution in [3.05, 3.63) is 6.92 Å². The molecule has 0 saturated heterocycles. The third-order valence-electron chi connectivity index (χ3n) is 2.29. The topological polar surface area (TPSA) is 0 Å². The molecule has 3 heteroatoms. The molecule has 0 nitrogen and oxygen atoms in total. The van der Waals surface area contributed by atoms with Crippen LogP contribution in [0.2, 0.25) is 19.6 Å². The first kappa shape index (κ1) is 15.1. The SMILES string of the molecule is [CH2-]C1CCCC1C#C[Si](C)(C)C.[Zn+][I]. The molecule has 0 aromatic heterocycles. The van der Waals surface area contributed by atoms with Crippen LogP contribution < -0.4 is 0 Å². The summed E-state index contributed by atoms with van der Waals surface area (Å²) in [5, 5.41) is 0. The van der Waals surface area contributed by atoms with Crippen molar-refractivity contribution in [1.82, 2.24) is 0 Å². The van der Waals surface area contributed by atoms with E-state index in [1.807, 2.05) is 0 Å². The van der Waals surface area contributed by atoms with Gasteiger partial charge in [-0.25, -0.2) is 0 Å². The van der Waals surface area contributed by atoms with Crippen LogP contribution in [0, 0.1) is 30.2 Å². The predicted octanol–water partition coefficient (Wildman–Crippen LogP) is 4.00. The molecule has 0 amide bonds. The van der Waals surface area contributed by atoms with E-state index in [1.165, 1.54) is 34.1 Å². The van der Waals surface area contributed by atoms with E-state index in [0.29, 0.717) is 11.8 Å². The first-order valence-electron chi connectivity index (χ1n) is 5.11. The van der Waals surface area contributed by atoms with Crippen molar-refractivity contribution < 1.29 is 14.8 Å². The zero-order valence-corrected chi connectivity index (χ0v) is 15.7. The Labute approximate surface area is 111 Å². The molecule has 14 heavy (non-hydrogen) atoms. The van der Waals surface area contributed by atoms with Gasteiger partial charge in [0.2, 0.25) is 0 Å². The zero-order chi connectivity index (χ0) is 11.2. The first-order chi connectivity index (χ1) is 6.49. The van der Waals surface area contributed by atoms with Crippen molar-refractivity contribution >= 4 is 27.8 Å². The second-order valence-corrected chi connectivity index (χ2v) is 9.57. The molecule has 0 N–H and O–H groups in total. The summed E-state index contributed by atoms with van der Waals surface area (Å²) in [5.41, 5.74) is 3.44. The summed E-state index contributed by atoms with van der Waals surface area (Å²) < 4.78 is 0. The Balaban J connectivity index is 0.000000791. The summed E-state index contributed by atoms with van der Waals surface area (Å²) in [7, 11) is -1.14. The third-order valence-corrected chi connectivity index (χ3v) is 3.19. The summed E-state index contributed by atoms with van der Waals surface area (Å²) in [5.74, 6) is 4.63. The van der Waals surface area contributed by atoms with Gasteiger partial charge in [0, 0.05) is 0 Å². The molecular formula is C11H19ISiZn. The second kappa shape index (κ2) is 7.41. The molecule has 2 atom stereocenters. The fourth-order valence-electron chi connectivity index (χ4n) is 1.54. The van der Waals surface area contributed by atoms with Crippen molar-refractivity contribution in [2.75, 3.05) is 0 Å². The summed E-state index contributed by atoms with van der Waals surface area (Å²) >= 11 is 3.62. The van der Waals surface area contributed by atoms with E-state index in [2.05, 4.69) is 57.8 Å². The van der Waals surface area contributed by atoms with Crippen LogP contribution in [0.3, 0.4) is 0 Å². The van der Waals surface area contributed by atoms with Gasteiger partial charge in [-0.2, -0.15) is 5.92 Å². The number of halogens is 1. The number of hydrogen-bond donors (Lipinski definition) is 0. The Morgan fingerprint density at radius 1 is 1.29 bits per heavy atom. The maximum atomic E-state index is 4.13. The number of rotatable bonds is 0. The Morgan fingerprint density at radius 3 is 2.21 bits per heavy atom. The second-order valence-electron chi connectivity index (χ2n) is 4.82. The molecule has 1 saturated carbocycles. The van der Waals surface area contributed by atoms with Crippen LogP contribution in [0.5, 0.6) is 0 Å². The van der Waals surface area contributed by atoms with Crippen molar-refractivity contribution in [1.29, 1.82) is 0 Å². The molecule has 1 fully saturated rings. The van der Waals surface area contributed by atoms with Gasteiger partial charge in [-0.3, -0.25) is 0 Å². The molecule has 0 bridgehead atoms. The molecule has 1 rings (SSSR count). The quantitative estimate of drug-likeness (QED) is 0.261. The fraction of sp³-hybridized carbons (Fsp3) is 0.727. The summed E-state index contributed by atoms with van der Waals surface area (Å²) in [6, 6.07) is 0. The fourth-order valence-corrected chi connectivity index (χ4v) is 2.15. The molecule has 76 valence electrons. The maximum absolute atomic E-state index is 4.13. The summed E-state index contributed by atoms with van der Waals surface area (Å²) in [4.78, 5) is 0. The van der Waals surface area contributed by atoms with Gasteiger partial charge < -0.3 is 6.92 Å². The summed E-state index contributed by atoms with van der Waals surface area (Å²) in [6.07, 6.45) is 3.90. The van der Waals surface area contributed by atoms with Gasteiger partial charge in [-0.1, -0.05) is 32.5 Å². The Bertz CT molecular complexity index is 212. The molecule has 0 heterocycles. The molecule has 0 aromatic carbocycles. The van der Waals surface area contributed by atoms with Crippen LogP contribution >= 0.6 is 19.8 Å². The van der Waals surface area contributed by atoms with Gasteiger partial charge in [-0.05, 0) is 12.3 Å². The zero-order valence-electron chi connectivity index (χ0n) is 9.57. The van der Waals surface area contributed by atoms with Gasteiger partial charge in [-0.15, -0.1) is 11.5 Å². The monoisotopic (exact) mass is 370 g/mol. The average molecular weight is 372 g/mol. The average Bonchev–Trinajstić information content (AvgIpc) is 2.50. The minimum atomic E-state index is -1.14. The van der Waals surface area contributed by atoms with Gasteiger partial charge in [0.1, 0.15) is 8.07 Å². The Kier molecular flexibility index (Phi) is 8.01. The van der Waals surface area contributed by atoms with E-state index in [1.54, 1.807) is 0 Å². The van der Waals surface area contributed by atoms with E-state index in [9.17, 15) is 0 Å². The van der Waals surface area contributed by atoms with Crippen molar-refractivity contribution in [2.45, 2.75) is 38.9 Å². The Morgan fingerprint density at radius 2 is 1.86 bits per heavy atom. The third kappa shape index (κ3) is 6.58. The minimum absolute atomic E-state index is 0.605. The van der Waals surface area contributed by atoms with Crippen LogP contribution in [0.4, 0.5) is 0 Å². The molecule has 1 aliphatic rings. The van der Waals surface area contributed by atoms with E-state index in [0.717, 1.165) is 0 Å². The normalized spacial score (nSPS) is 25.9. The van der Waals surface area contributed by atoms with Gasteiger partial charge in [0.15, 0.2) is 0 Å². The molecule has 0 aromatic rings. The molecule has 0 radical (unpaired) electrons. The molecule has 1 aliphatic carbocycles. The van der Waals surface area contributed by atoms with Crippen molar-refractivity contribution in [3.63, 3.8) is 0 Å². The van der Waals surface area contributed by atoms with Crippen LogP contribution in [-0.4, -0.2) is 8.07 Å². The van der Waals surface area contributed by atoms with E-state index in [-0.39, 0.29) is 0 Å². The standard InChI is InChI=1S/C11H19Si.HI.Zn/c1-10-6-5-7-11(10)8-9-12(2,3)4;;/h10-11H,1,5-7H2,2-4H3;1H;/q-1;;+2/p-1. The van der Waals surface area contributed by atoms with Crippen LogP contribution in [0.25, 0.3) is 0 Å². The Hall–Kier alpha value is 1.13. The summed E-state index contributed by atoms with van der Waals surface area (Å²) in [6.45, 7) is 11.0. The first-order valence-corrected chi connectivity index (χ1v) is 17.7. The van der Waals surface area contributed by atoms with Gasteiger partial charge in [0.25, 0.3) is 0 Å². The molecule has 0 spiro atoms. The van der Waals surface area contributed by atoms with Crippen molar-refractivity contribution in [3.8, 4) is 11.5 Å². The van der Waals surface area contributed by atoms with Crippen molar-refractivity contribution in [2.24, 2.45) is 11.8 Å². The predicted molar refractivity (Wildman–Crippen MR) is 71.3 cm³/mol. The molecule has 0 aliphatic heterocycles. The van der Waals surface area contributed by atoms with Gasteiger partial charge >= 0.3 is 34.5 Å². The van der Waals surface area contributed by atoms with Crippen LogP contribution in [0.1, 0.15) is 19.3 Å². The van der Waals surface area contributed by atoms with Crippen LogP contribution in [-0.2, 0) is 14.8 Å². The van der Waals surface area contributed by atoms with E-state index in [4.69, 9.17) is 0 Å². The number of hydrogen-bond acceptors (Lipinski definition) is 0. The van der Waals surface area contributed by atoms with Gasteiger partial charge in [0.05, 0.1) is 0 Å². The molecule has 2 unspecified atom stereocenters. The van der Waals surface area contributed by atoms with E-state index < -0.39 is 8.07 Å².